The van der Waals surface area contributed by atoms with Crippen molar-refractivity contribution in [2.75, 3.05) is 5.32 Å². The Hall–Kier alpha value is -1.75. The number of benzene rings is 1. The molecule has 1 fully saturated rings. The van der Waals surface area contributed by atoms with Crippen molar-refractivity contribution in [2.45, 2.75) is 38.6 Å². The molecule has 0 unspecified atom stereocenters. The van der Waals surface area contributed by atoms with Gasteiger partial charge in [0.05, 0.1) is 21.7 Å². The predicted molar refractivity (Wildman–Crippen MR) is 114 cm³/mol. The van der Waals surface area contributed by atoms with Gasteiger partial charge in [0.1, 0.15) is 11.5 Å². The molecule has 2 aromatic rings. The van der Waals surface area contributed by atoms with Crippen LogP contribution in [0.15, 0.2) is 45.6 Å². The fraction of sp³-hybridized carbons (Fsp3) is 0.333. The molecule has 1 aliphatic carbocycles. The minimum Gasteiger partial charge on any atom is -0.428 e. The van der Waals surface area contributed by atoms with Gasteiger partial charge in [0.15, 0.2) is 0 Å². The maximum atomic E-state index is 12.5. The van der Waals surface area contributed by atoms with E-state index in [-0.39, 0.29) is 27.3 Å². The Bertz CT molecular complexity index is 950. The summed E-state index contributed by atoms with van der Waals surface area (Å²) in [5, 5.41) is 4.33. The standard InChI is InChI=1S/C21H20Cl3NO3/c1-12-10-16(23)20(21(27)28-12)17(24)11-18(15-4-2-3-5-19(15)26)25-14-8-6-13(22)7-9-14/h6-11,15,18,25H,2-5H2,1H3/b17-11-/t15-,18-/m1/s1. The largest absolute Gasteiger partial charge is 0.428 e. The third kappa shape index (κ3) is 4.99. The zero-order valence-corrected chi connectivity index (χ0v) is 17.6. The van der Waals surface area contributed by atoms with E-state index in [0.717, 1.165) is 24.9 Å². The molecule has 1 heterocycles. The zero-order valence-electron chi connectivity index (χ0n) is 15.3. The lowest BCUT2D eigenvalue weighted by Gasteiger charge is -2.29. The van der Waals surface area contributed by atoms with Crippen molar-refractivity contribution >= 4 is 51.3 Å². The number of anilines is 1. The summed E-state index contributed by atoms with van der Waals surface area (Å²) >= 11 is 18.6. The molecule has 1 aromatic heterocycles. The molecule has 1 aromatic carbocycles. The molecule has 2 atom stereocenters. The summed E-state index contributed by atoms with van der Waals surface area (Å²) in [6.07, 6.45) is 4.84. The molecule has 0 spiro atoms. The van der Waals surface area contributed by atoms with Gasteiger partial charge < -0.3 is 9.73 Å². The lowest BCUT2D eigenvalue weighted by molar-refractivity contribution is -0.124. The van der Waals surface area contributed by atoms with Gasteiger partial charge in [-0.1, -0.05) is 41.2 Å². The highest BCUT2D eigenvalue weighted by molar-refractivity contribution is 6.50. The second-order valence-corrected chi connectivity index (χ2v) is 8.13. The van der Waals surface area contributed by atoms with Crippen molar-refractivity contribution in [1.29, 1.82) is 0 Å². The highest BCUT2D eigenvalue weighted by atomic mass is 35.5. The molecule has 0 radical (unpaired) electrons. The molecule has 28 heavy (non-hydrogen) atoms. The molecule has 7 heteroatoms. The van der Waals surface area contributed by atoms with Crippen LogP contribution in [-0.4, -0.2) is 11.8 Å². The molecule has 0 bridgehead atoms. The number of aryl methyl sites for hydroxylation is 1. The number of rotatable bonds is 5. The number of Topliss-reactive ketones (excluding diaryl/α,β-unsaturated/α-hetero) is 1. The number of carbonyl (C=O) groups is 1. The minimum atomic E-state index is -0.605. The van der Waals surface area contributed by atoms with Gasteiger partial charge in [-0.2, -0.15) is 0 Å². The van der Waals surface area contributed by atoms with Crippen LogP contribution in [0.5, 0.6) is 0 Å². The minimum absolute atomic E-state index is 0.0973. The van der Waals surface area contributed by atoms with E-state index in [1.54, 1.807) is 31.2 Å². The van der Waals surface area contributed by atoms with E-state index in [1.165, 1.54) is 0 Å². The van der Waals surface area contributed by atoms with Crippen molar-refractivity contribution in [3.63, 3.8) is 0 Å². The molecule has 0 aliphatic heterocycles. The SMILES string of the molecule is Cc1cc(Cl)c(/C(Cl)=C/[C@@H](Nc2ccc(Cl)cc2)[C@H]2CCCCC2=O)c(=O)o1. The Morgan fingerprint density at radius 3 is 2.57 bits per heavy atom. The van der Waals surface area contributed by atoms with Crippen molar-refractivity contribution in [3.8, 4) is 0 Å². The lowest BCUT2D eigenvalue weighted by atomic mass is 9.82. The average Bonchev–Trinajstić information content (AvgIpc) is 2.62. The third-order valence-corrected chi connectivity index (χ3v) is 5.67. The van der Waals surface area contributed by atoms with Crippen LogP contribution in [0.4, 0.5) is 5.69 Å². The monoisotopic (exact) mass is 439 g/mol. The summed E-state index contributed by atoms with van der Waals surface area (Å²) in [6.45, 7) is 1.64. The maximum absolute atomic E-state index is 12.5. The van der Waals surface area contributed by atoms with E-state index in [0.29, 0.717) is 17.2 Å². The smallest absolute Gasteiger partial charge is 0.346 e. The van der Waals surface area contributed by atoms with E-state index in [9.17, 15) is 9.59 Å². The van der Waals surface area contributed by atoms with Crippen LogP contribution in [-0.2, 0) is 4.79 Å². The summed E-state index contributed by atoms with van der Waals surface area (Å²) in [5.41, 5.74) is 0.294. The molecular weight excluding hydrogens is 421 g/mol. The first-order valence-electron chi connectivity index (χ1n) is 9.08. The Balaban J connectivity index is 1.98. The van der Waals surface area contributed by atoms with Crippen LogP contribution < -0.4 is 10.9 Å². The van der Waals surface area contributed by atoms with E-state index in [2.05, 4.69) is 5.32 Å². The normalized spacial score (nSPS) is 18.8. The lowest BCUT2D eigenvalue weighted by Crippen LogP contribution is -2.35. The molecule has 0 amide bonds. The highest BCUT2D eigenvalue weighted by Gasteiger charge is 2.30. The van der Waals surface area contributed by atoms with Gasteiger partial charge in [-0.3, -0.25) is 4.79 Å². The Morgan fingerprint density at radius 2 is 1.93 bits per heavy atom. The number of halogens is 3. The van der Waals surface area contributed by atoms with Crippen molar-refractivity contribution in [2.24, 2.45) is 5.92 Å². The van der Waals surface area contributed by atoms with Gasteiger partial charge in [0.2, 0.25) is 0 Å². The van der Waals surface area contributed by atoms with E-state index in [1.807, 2.05) is 12.1 Å². The molecule has 0 saturated heterocycles. The molecule has 4 nitrogen and oxygen atoms in total. The number of hydrogen-bond acceptors (Lipinski definition) is 4. The second-order valence-electron chi connectivity index (χ2n) is 6.88. The first-order chi connectivity index (χ1) is 13.3. The predicted octanol–water partition coefficient (Wildman–Crippen LogP) is 6.07. The molecule has 1 N–H and O–H groups in total. The summed E-state index contributed by atoms with van der Waals surface area (Å²) < 4.78 is 5.12. The average molecular weight is 441 g/mol. The topological polar surface area (TPSA) is 59.3 Å². The van der Waals surface area contributed by atoms with Crippen LogP contribution in [0.3, 0.4) is 0 Å². The Kier molecular flexibility index (Phi) is 6.86. The maximum Gasteiger partial charge on any atom is 0.346 e. The van der Waals surface area contributed by atoms with Crippen molar-refractivity contribution in [3.05, 3.63) is 68.2 Å². The van der Waals surface area contributed by atoms with Crippen molar-refractivity contribution in [1.82, 2.24) is 0 Å². The fourth-order valence-electron chi connectivity index (χ4n) is 3.41. The van der Waals surface area contributed by atoms with Crippen molar-refractivity contribution < 1.29 is 9.21 Å². The zero-order chi connectivity index (χ0) is 20.3. The van der Waals surface area contributed by atoms with Crippen LogP contribution in [0.2, 0.25) is 10.0 Å². The number of ketones is 1. The van der Waals surface area contributed by atoms with Crippen LogP contribution in [0, 0.1) is 12.8 Å². The quantitative estimate of drug-likeness (QED) is 0.612. The van der Waals surface area contributed by atoms with Gasteiger partial charge in [-0.05, 0) is 56.2 Å². The Morgan fingerprint density at radius 1 is 1.21 bits per heavy atom. The molecule has 1 saturated carbocycles. The summed E-state index contributed by atoms with van der Waals surface area (Å²) in [6, 6.07) is 8.34. The van der Waals surface area contributed by atoms with Gasteiger partial charge >= 0.3 is 5.63 Å². The first-order valence-corrected chi connectivity index (χ1v) is 10.2. The summed E-state index contributed by atoms with van der Waals surface area (Å²) in [5.74, 6) is 0.344. The molecule has 148 valence electrons. The van der Waals surface area contributed by atoms with Crippen LogP contribution >= 0.6 is 34.8 Å². The van der Waals surface area contributed by atoms with E-state index >= 15 is 0 Å². The number of carbonyl (C=O) groups excluding carboxylic acids is 1. The van der Waals surface area contributed by atoms with Crippen LogP contribution in [0.25, 0.3) is 5.03 Å². The van der Waals surface area contributed by atoms with E-state index < -0.39 is 11.7 Å². The third-order valence-electron chi connectivity index (χ3n) is 4.80. The summed E-state index contributed by atoms with van der Waals surface area (Å²) in [4.78, 5) is 24.8. The molecular formula is C21H20Cl3NO3. The van der Waals surface area contributed by atoms with Gasteiger partial charge in [-0.15, -0.1) is 0 Å². The van der Waals surface area contributed by atoms with Gasteiger partial charge in [0.25, 0.3) is 0 Å². The van der Waals surface area contributed by atoms with Crippen LogP contribution in [0.1, 0.15) is 37.0 Å². The van der Waals surface area contributed by atoms with E-state index in [4.69, 9.17) is 39.2 Å². The highest BCUT2D eigenvalue weighted by Crippen LogP contribution is 2.31. The second kappa shape index (κ2) is 9.17. The summed E-state index contributed by atoms with van der Waals surface area (Å²) in [7, 11) is 0. The molecule has 1 aliphatic rings. The number of hydrogen-bond donors (Lipinski definition) is 1. The van der Waals surface area contributed by atoms with Gasteiger partial charge in [-0.25, -0.2) is 4.79 Å². The fourth-order valence-corrected chi connectivity index (χ4v) is 4.24. The Labute approximate surface area is 178 Å². The first kappa shape index (κ1) is 21.0. The number of nitrogens with one attached hydrogen (secondary N) is 1. The van der Waals surface area contributed by atoms with Gasteiger partial charge in [0, 0.05) is 23.0 Å². The molecule has 3 rings (SSSR count).